The first kappa shape index (κ1) is 16.8. The van der Waals surface area contributed by atoms with Crippen LogP contribution in [0.25, 0.3) is 11.4 Å². The molecule has 1 aromatic heterocycles. The summed E-state index contributed by atoms with van der Waals surface area (Å²) in [4.78, 5) is 14.3. The molecule has 7 nitrogen and oxygen atoms in total. The number of amides is 1. The van der Waals surface area contributed by atoms with Crippen molar-refractivity contribution in [3.8, 4) is 11.4 Å². The Morgan fingerprint density at radius 3 is 2.68 bits per heavy atom. The Kier molecular flexibility index (Phi) is 5.53. The second kappa shape index (κ2) is 8.20. The molecule has 0 saturated carbocycles. The fraction of sp³-hybridized carbons (Fsp3) is 0.118. The zero-order chi connectivity index (χ0) is 17.5. The molecule has 3 aromatic rings. The third-order valence-electron chi connectivity index (χ3n) is 3.29. The van der Waals surface area contributed by atoms with Gasteiger partial charge in [0.05, 0.1) is 6.21 Å². The Balaban J connectivity index is 1.54. The van der Waals surface area contributed by atoms with Gasteiger partial charge in [-0.1, -0.05) is 42.5 Å². The van der Waals surface area contributed by atoms with E-state index in [9.17, 15) is 4.79 Å². The summed E-state index contributed by atoms with van der Waals surface area (Å²) in [7, 11) is 0. The van der Waals surface area contributed by atoms with Gasteiger partial charge < -0.3 is 0 Å². The highest BCUT2D eigenvalue weighted by Gasteiger charge is 2.08. The number of thioether (sulfide) groups is 1. The third-order valence-corrected chi connectivity index (χ3v) is 4.03. The Morgan fingerprint density at radius 2 is 1.96 bits per heavy atom. The summed E-state index contributed by atoms with van der Waals surface area (Å²) in [6, 6.07) is 17.3. The summed E-state index contributed by atoms with van der Waals surface area (Å²) in [5.41, 5.74) is 4.21. The number of carbonyl (C=O) groups excluding carboxylic acids is 1. The number of aromatic nitrogens is 4. The van der Waals surface area contributed by atoms with Crippen molar-refractivity contribution in [3.63, 3.8) is 0 Å². The molecule has 0 unspecified atom stereocenters. The summed E-state index contributed by atoms with van der Waals surface area (Å²) in [5, 5.41) is 15.9. The quantitative estimate of drug-likeness (QED) is 0.418. The highest BCUT2D eigenvalue weighted by atomic mass is 32.2. The van der Waals surface area contributed by atoms with Gasteiger partial charge >= 0.3 is 0 Å². The van der Waals surface area contributed by atoms with E-state index in [0.717, 1.165) is 11.1 Å². The maximum Gasteiger partial charge on any atom is 0.263 e. The van der Waals surface area contributed by atoms with Gasteiger partial charge in [-0.25, -0.2) is 5.43 Å². The number of hydrogen-bond donors (Lipinski definition) is 1. The smallest absolute Gasteiger partial charge is 0.263 e. The molecule has 0 saturated heterocycles. The van der Waals surface area contributed by atoms with Crippen LogP contribution in [0.1, 0.15) is 5.56 Å². The van der Waals surface area contributed by atoms with Crippen LogP contribution >= 0.6 is 11.8 Å². The molecular weight excluding hydrogens is 336 g/mol. The van der Waals surface area contributed by atoms with Crippen LogP contribution < -0.4 is 5.43 Å². The van der Waals surface area contributed by atoms with Gasteiger partial charge in [-0.15, -0.1) is 22.0 Å². The molecule has 0 aliphatic heterocycles. The van der Waals surface area contributed by atoms with Crippen molar-refractivity contribution in [2.75, 3.05) is 6.26 Å². The molecule has 0 fully saturated rings. The van der Waals surface area contributed by atoms with Crippen molar-refractivity contribution >= 4 is 23.9 Å². The lowest BCUT2D eigenvalue weighted by Gasteiger charge is -1.99. The van der Waals surface area contributed by atoms with E-state index in [1.54, 1.807) is 18.0 Å². The molecule has 0 bridgehead atoms. The van der Waals surface area contributed by atoms with Gasteiger partial charge in [-0.3, -0.25) is 4.79 Å². The molecule has 3 rings (SSSR count). The van der Waals surface area contributed by atoms with Gasteiger partial charge in [0.2, 0.25) is 5.82 Å². The second-order valence-electron chi connectivity index (χ2n) is 5.08. The van der Waals surface area contributed by atoms with Crippen molar-refractivity contribution in [3.05, 3.63) is 60.2 Å². The van der Waals surface area contributed by atoms with E-state index in [0.29, 0.717) is 5.82 Å². The van der Waals surface area contributed by atoms with Crippen LogP contribution in [0.15, 0.2) is 64.6 Å². The van der Waals surface area contributed by atoms with Gasteiger partial charge in [0.15, 0.2) is 0 Å². The largest absolute Gasteiger partial charge is 0.271 e. The first-order chi connectivity index (χ1) is 12.2. The lowest BCUT2D eigenvalue weighted by molar-refractivity contribution is -0.122. The SMILES string of the molecule is CSc1ccc(C=NNC(=O)Cn2nnc(-c3ccccc3)n2)cc1. The van der Waals surface area contributed by atoms with E-state index >= 15 is 0 Å². The number of nitrogens with zero attached hydrogens (tertiary/aromatic N) is 5. The molecule has 1 amide bonds. The number of hydrazone groups is 1. The maximum absolute atomic E-state index is 11.9. The summed E-state index contributed by atoms with van der Waals surface area (Å²) in [6.45, 7) is -0.0530. The molecule has 126 valence electrons. The molecule has 1 N–H and O–H groups in total. The van der Waals surface area contributed by atoms with Crippen molar-refractivity contribution in [2.45, 2.75) is 11.4 Å². The lowest BCUT2D eigenvalue weighted by atomic mass is 10.2. The van der Waals surface area contributed by atoms with Gasteiger partial charge in [0.1, 0.15) is 6.54 Å². The van der Waals surface area contributed by atoms with E-state index in [2.05, 4.69) is 25.9 Å². The van der Waals surface area contributed by atoms with E-state index in [1.165, 1.54) is 9.69 Å². The van der Waals surface area contributed by atoms with Crippen molar-refractivity contribution in [1.82, 2.24) is 25.6 Å². The zero-order valence-corrected chi connectivity index (χ0v) is 14.3. The van der Waals surface area contributed by atoms with Crippen LogP contribution in [0.4, 0.5) is 0 Å². The van der Waals surface area contributed by atoms with Crippen LogP contribution in [0.5, 0.6) is 0 Å². The van der Waals surface area contributed by atoms with Gasteiger partial charge in [0.25, 0.3) is 5.91 Å². The molecule has 25 heavy (non-hydrogen) atoms. The van der Waals surface area contributed by atoms with Crippen LogP contribution in [-0.2, 0) is 11.3 Å². The molecule has 0 aliphatic rings. The normalized spacial score (nSPS) is 10.9. The highest BCUT2D eigenvalue weighted by Crippen LogP contribution is 2.14. The summed E-state index contributed by atoms with van der Waals surface area (Å²) < 4.78 is 0. The Labute approximate surface area is 149 Å². The number of carbonyl (C=O) groups is 1. The predicted octanol–water partition coefficient (Wildman–Crippen LogP) is 2.21. The molecule has 1 heterocycles. The topological polar surface area (TPSA) is 85.1 Å². The molecule has 0 radical (unpaired) electrons. The van der Waals surface area contributed by atoms with Crippen LogP contribution in [0.2, 0.25) is 0 Å². The van der Waals surface area contributed by atoms with Crippen LogP contribution in [-0.4, -0.2) is 38.6 Å². The number of nitrogens with one attached hydrogen (secondary N) is 1. The fourth-order valence-corrected chi connectivity index (χ4v) is 2.45. The molecule has 8 heteroatoms. The second-order valence-corrected chi connectivity index (χ2v) is 5.96. The number of tetrazole rings is 1. The third kappa shape index (κ3) is 4.74. The van der Waals surface area contributed by atoms with E-state index in [4.69, 9.17) is 0 Å². The standard InChI is InChI=1S/C17H16N6OS/c1-25-15-9-7-13(8-10-15)11-18-19-16(24)12-23-21-17(20-22-23)14-5-3-2-4-6-14/h2-11H,12H2,1H3,(H,19,24). The Morgan fingerprint density at radius 1 is 1.20 bits per heavy atom. The molecule has 0 aliphatic carbocycles. The molecule has 0 spiro atoms. The monoisotopic (exact) mass is 352 g/mol. The van der Waals surface area contributed by atoms with Crippen LogP contribution in [0.3, 0.4) is 0 Å². The zero-order valence-electron chi connectivity index (χ0n) is 13.5. The number of hydrogen-bond acceptors (Lipinski definition) is 6. The average molecular weight is 352 g/mol. The first-order valence-electron chi connectivity index (χ1n) is 7.54. The highest BCUT2D eigenvalue weighted by molar-refractivity contribution is 7.98. The van der Waals surface area contributed by atoms with E-state index < -0.39 is 0 Å². The molecule has 0 atom stereocenters. The average Bonchev–Trinajstić information content (AvgIpc) is 3.11. The minimum atomic E-state index is -0.325. The van der Waals surface area contributed by atoms with E-state index in [1.807, 2.05) is 60.9 Å². The summed E-state index contributed by atoms with van der Waals surface area (Å²) in [6.07, 6.45) is 3.61. The van der Waals surface area contributed by atoms with Gasteiger partial charge in [0, 0.05) is 10.5 Å². The fourth-order valence-electron chi connectivity index (χ4n) is 2.05. The summed E-state index contributed by atoms with van der Waals surface area (Å²) >= 11 is 1.67. The molecular formula is C17H16N6OS. The predicted molar refractivity (Wildman–Crippen MR) is 97.2 cm³/mol. The number of benzene rings is 2. The lowest BCUT2D eigenvalue weighted by Crippen LogP contribution is -2.24. The van der Waals surface area contributed by atoms with Gasteiger partial charge in [-0.05, 0) is 29.2 Å². The van der Waals surface area contributed by atoms with Crippen molar-refractivity contribution < 1.29 is 4.79 Å². The maximum atomic E-state index is 11.9. The van der Waals surface area contributed by atoms with Crippen LogP contribution in [0, 0.1) is 0 Å². The Hall–Kier alpha value is -3.00. The summed E-state index contributed by atoms with van der Waals surface area (Å²) in [5.74, 6) is 0.153. The van der Waals surface area contributed by atoms with E-state index in [-0.39, 0.29) is 12.5 Å². The van der Waals surface area contributed by atoms with Gasteiger partial charge in [-0.2, -0.15) is 9.90 Å². The minimum Gasteiger partial charge on any atom is -0.271 e. The van der Waals surface area contributed by atoms with Crippen molar-refractivity contribution in [2.24, 2.45) is 5.10 Å². The first-order valence-corrected chi connectivity index (χ1v) is 8.76. The Bertz CT molecular complexity index is 860. The minimum absolute atomic E-state index is 0.0530. The van der Waals surface area contributed by atoms with Crippen molar-refractivity contribution in [1.29, 1.82) is 0 Å². The number of rotatable bonds is 6. The molecule has 2 aromatic carbocycles.